The lowest BCUT2D eigenvalue weighted by Crippen LogP contribution is -2.37. The number of carbonyl (C=O) groups excluding carboxylic acids is 2. The van der Waals surface area contributed by atoms with Crippen molar-refractivity contribution in [2.75, 3.05) is 14.2 Å². The van der Waals surface area contributed by atoms with Gasteiger partial charge in [-0.15, -0.1) is 0 Å². The molecule has 1 N–H and O–H groups in total. The fraction of sp³-hybridized carbons (Fsp3) is 0.304. The predicted octanol–water partition coefficient (Wildman–Crippen LogP) is 3.98. The summed E-state index contributed by atoms with van der Waals surface area (Å²) in [6.07, 6.45) is 6.37. The van der Waals surface area contributed by atoms with E-state index in [0.29, 0.717) is 23.0 Å². The van der Waals surface area contributed by atoms with E-state index in [1.807, 2.05) is 0 Å². The molecule has 29 heavy (non-hydrogen) atoms. The normalized spacial score (nSPS) is 21.8. The zero-order valence-electron chi connectivity index (χ0n) is 16.3. The van der Waals surface area contributed by atoms with E-state index in [0.717, 1.165) is 12.8 Å². The van der Waals surface area contributed by atoms with E-state index in [4.69, 9.17) is 4.74 Å². The molecule has 0 spiro atoms. The second-order valence-corrected chi connectivity index (χ2v) is 7.46. The maximum absolute atomic E-state index is 14.7. The first-order valence-electron chi connectivity index (χ1n) is 9.55. The third kappa shape index (κ3) is 3.62. The maximum Gasteiger partial charge on any atom is 0.337 e. The average molecular weight is 395 g/mol. The largest absolute Gasteiger partial charge is 0.496 e. The molecule has 2 aliphatic carbocycles. The highest BCUT2D eigenvalue weighted by atomic mass is 19.1. The van der Waals surface area contributed by atoms with E-state index in [1.54, 1.807) is 24.3 Å². The molecular formula is C23H22FNO4. The van der Waals surface area contributed by atoms with Gasteiger partial charge in [-0.3, -0.25) is 4.79 Å². The van der Waals surface area contributed by atoms with Gasteiger partial charge in [-0.1, -0.05) is 24.3 Å². The molecule has 4 rings (SSSR count). The summed E-state index contributed by atoms with van der Waals surface area (Å²) >= 11 is 0. The van der Waals surface area contributed by atoms with Crippen LogP contribution in [0, 0.1) is 17.7 Å². The summed E-state index contributed by atoms with van der Waals surface area (Å²) in [5.74, 6) is -0.169. The maximum atomic E-state index is 14.7. The van der Waals surface area contributed by atoms with Gasteiger partial charge in [0.2, 0.25) is 0 Å². The van der Waals surface area contributed by atoms with E-state index < -0.39 is 11.8 Å². The molecule has 0 saturated heterocycles. The van der Waals surface area contributed by atoms with Crippen LogP contribution in [0.25, 0.3) is 11.1 Å². The minimum atomic E-state index is -0.507. The molecule has 1 amide bonds. The summed E-state index contributed by atoms with van der Waals surface area (Å²) in [6, 6.07) is 9.19. The van der Waals surface area contributed by atoms with Gasteiger partial charge in [0.15, 0.2) is 0 Å². The predicted molar refractivity (Wildman–Crippen MR) is 106 cm³/mol. The number of methoxy groups -OCH3 is 2. The molecule has 6 heteroatoms. The Bertz CT molecular complexity index is 983. The van der Waals surface area contributed by atoms with Crippen LogP contribution in [0.15, 0.2) is 48.6 Å². The number of rotatable bonds is 5. The zero-order valence-corrected chi connectivity index (χ0v) is 16.3. The summed E-state index contributed by atoms with van der Waals surface area (Å²) in [5.41, 5.74) is 1.47. The smallest absolute Gasteiger partial charge is 0.337 e. The highest BCUT2D eigenvalue weighted by molar-refractivity contribution is 5.98. The molecule has 1 fully saturated rings. The van der Waals surface area contributed by atoms with E-state index in [2.05, 4.69) is 22.2 Å². The Labute approximate surface area is 168 Å². The number of esters is 1. The van der Waals surface area contributed by atoms with Gasteiger partial charge < -0.3 is 14.8 Å². The van der Waals surface area contributed by atoms with Gasteiger partial charge >= 0.3 is 5.97 Å². The fourth-order valence-electron chi connectivity index (χ4n) is 4.22. The quantitative estimate of drug-likeness (QED) is 0.614. The van der Waals surface area contributed by atoms with Gasteiger partial charge in [0, 0.05) is 17.7 Å². The second-order valence-electron chi connectivity index (χ2n) is 7.46. The van der Waals surface area contributed by atoms with Crippen LogP contribution < -0.4 is 10.1 Å². The van der Waals surface area contributed by atoms with Crippen molar-refractivity contribution in [3.63, 3.8) is 0 Å². The van der Waals surface area contributed by atoms with Gasteiger partial charge in [0.05, 0.1) is 25.3 Å². The number of amides is 1. The minimum absolute atomic E-state index is 0.0926. The summed E-state index contributed by atoms with van der Waals surface area (Å²) in [7, 11) is 2.72. The highest BCUT2D eigenvalue weighted by Gasteiger charge is 2.36. The van der Waals surface area contributed by atoms with Crippen LogP contribution in [0.2, 0.25) is 0 Å². The number of hydrogen-bond acceptors (Lipinski definition) is 4. The summed E-state index contributed by atoms with van der Waals surface area (Å²) in [5, 5.41) is 3.08. The van der Waals surface area contributed by atoms with Crippen LogP contribution in [0.1, 0.15) is 33.6 Å². The lowest BCUT2D eigenvalue weighted by atomic mass is 9.98. The van der Waals surface area contributed by atoms with Crippen molar-refractivity contribution in [2.45, 2.75) is 18.9 Å². The van der Waals surface area contributed by atoms with Crippen LogP contribution >= 0.6 is 0 Å². The van der Waals surface area contributed by atoms with Crippen LogP contribution in [0.4, 0.5) is 4.39 Å². The first-order chi connectivity index (χ1) is 14.0. The third-order valence-corrected chi connectivity index (χ3v) is 5.75. The number of nitrogens with one attached hydrogen (secondary N) is 1. The topological polar surface area (TPSA) is 64.6 Å². The SMILES string of the molecule is COC(=O)c1ccc(-c2cc(C(=O)N[C@H]3C[C@@H]4C=C[C@H]3C4)c(OC)cc2F)cc1. The van der Waals surface area contributed by atoms with E-state index >= 15 is 0 Å². The van der Waals surface area contributed by atoms with Gasteiger partial charge in [0.1, 0.15) is 11.6 Å². The number of fused-ring (bicyclic) bond motifs is 2. The molecule has 2 aliphatic rings. The Kier molecular flexibility index (Phi) is 5.09. The van der Waals surface area contributed by atoms with E-state index in [-0.39, 0.29) is 28.8 Å². The molecule has 0 aliphatic heterocycles. The molecule has 150 valence electrons. The summed E-state index contributed by atoms with van der Waals surface area (Å²) in [4.78, 5) is 24.5. The Hall–Kier alpha value is -3.15. The summed E-state index contributed by atoms with van der Waals surface area (Å²) in [6.45, 7) is 0. The second kappa shape index (κ2) is 7.70. The minimum Gasteiger partial charge on any atom is -0.496 e. The number of halogens is 1. The molecule has 5 nitrogen and oxygen atoms in total. The number of benzene rings is 2. The molecule has 1 saturated carbocycles. The first kappa shape index (κ1) is 19.2. The van der Waals surface area contributed by atoms with Crippen molar-refractivity contribution in [1.29, 1.82) is 0 Å². The van der Waals surface area contributed by atoms with E-state index in [1.165, 1.54) is 26.4 Å². The van der Waals surface area contributed by atoms with Crippen molar-refractivity contribution in [2.24, 2.45) is 11.8 Å². The standard InChI is InChI=1S/C23H22FNO4/c1-28-21-12-19(24)17(14-5-7-15(8-6-14)23(27)29-2)11-18(21)22(26)25-20-10-13-3-4-16(20)9-13/h3-8,11-13,16,20H,9-10H2,1-2H3,(H,25,26)/t13-,16+,20+/m1/s1. The van der Waals surface area contributed by atoms with Crippen LogP contribution in [-0.4, -0.2) is 32.1 Å². The number of carbonyl (C=O) groups is 2. The molecule has 0 unspecified atom stereocenters. The van der Waals surface area contributed by atoms with Crippen molar-refractivity contribution >= 4 is 11.9 Å². The molecular weight excluding hydrogens is 373 g/mol. The van der Waals surface area contributed by atoms with Crippen LogP contribution in [0.5, 0.6) is 5.75 Å². The molecule has 0 radical (unpaired) electrons. The Morgan fingerprint density at radius 1 is 1.07 bits per heavy atom. The number of allylic oxidation sites excluding steroid dienone is 1. The van der Waals surface area contributed by atoms with Crippen molar-refractivity contribution < 1.29 is 23.5 Å². The third-order valence-electron chi connectivity index (χ3n) is 5.75. The monoisotopic (exact) mass is 395 g/mol. The van der Waals surface area contributed by atoms with Gasteiger partial charge in [-0.05, 0) is 48.4 Å². The van der Waals surface area contributed by atoms with E-state index in [9.17, 15) is 14.0 Å². The number of hydrogen-bond donors (Lipinski definition) is 1. The molecule has 2 aromatic rings. The average Bonchev–Trinajstić information content (AvgIpc) is 3.36. The molecule has 3 atom stereocenters. The number of ether oxygens (including phenoxy) is 2. The summed E-state index contributed by atoms with van der Waals surface area (Å²) < 4.78 is 24.6. The Morgan fingerprint density at radius 3 is 2.41 bits per heavy atom. The van der Waals surface area contributed by atoms with Crippen molar-refractivity contribution in [3.8, 4) is 16.9 Å². The lowest BCUT2D eigenvalue weighted by molar-refractivity contribution is 0.0600. The van der Waals surface area contributed by atoms with Gasteiger partial charge in [0.25, 0.3) is 5.91 Å². The molecule has 0 heterocycles. The molecule has 0 aromatic heterocycles. The highest BCUT2D eigenvalue weighted by Crippen LogP contribution is 2.39. The molecule has 2 bridgehead atoms. The fourth-order valence-corrected chi connectivity index (χ4v) is 4.22. The Morgan fingerprint density at radius 2 is 1.83 bits per heavy atom. The lowest BCUT2D eigenvalue weighted by Gasteiger charge is -2.21. The van der Waals surface area contributed by atoms with Crippen molar-refractivity contribution in [3.05, 3.63) is 65.5 Å². The van der Waals surface area contributed by atoms with Gasteiger partial charge in [-0.25, -0.2) is 9.18 Å². The first-order valence-corrected chi connectivity index (χ1v) is 9.55. The van der Waals surface area contributed by atoms with Gasteiger partial charge in [-0.2, -0.15) is 0 Å². The molecule has 2 aromatic carbocycles. The van der Waals surface area contributed by atoms with Crippen molar-refractivity contribution in [1.82, 2.24) is 5.32 Å². The van der Waals surface area contributed by atoms with Crippen LogP contribution in [-0.2, 0) is 4.74 Å². The Balaban J connectivity index is 1.63. The van der Waals surface area contributed by atoms with Crippen LogP contribution in [0.3, 0.4) is 0 Å². The zero-order chi connectivity index (χ0) is 20.5.